The van der Waals surface area contributed by atoms with Crippen LogP contribution in [0.3, 0.4) is 0 Å². The molecule has 2 bridgehead atoms. The molecule has 1 heterocycles. The second-order valence-corrected chi connectivity index (χ2v) is 9.24. The first-order valence-corrected chi connectivity index (χ1v) is 11.2. The first-order valence-electron chi connectivity index (χ1n) is 11.2. The van der Waals surface area contributed by atoms with Crippen LogP contribution in [0, 0.1) is 6.92 Å². The summed E-state index contributed by atoms with van der Waals surface area (Å²) in [6.07, 6.45) is 7.94. The van der Waals surface area contributed by atoms with E-state index in [4.69, 9.17) is 0 Å². The molecular weight excluding hydrogens is 374 g/mol. The first-order chi connectivity index (χ1) is 15.2. The van der Waals surface area contributed by atoms with Crippen molar-refractivity contribution in [3.8, 4) is 11.3 Å². The van der Waals surface area contributed by atoms with Crippen molar-refractivity contribution in [2.45, 2.75) is 25.2 Å². The Morgan fingerprint density at radius 3 is 1.90 bits per heavy atom. The maximum atomic E-state index is 2.49. The minimum absolute atomic E-state index is 0.318. The zero-order chi connectivity index (χ0) is 20.7. The van der Waals surface area contributed by atoms with Gasteiger partial charge in [0.15, 0.2) is 6.20 Å². The Hall–Kier alpha value is -3.45. The summed E-state index contributed by atoms with van der Waals surface area (Å²) < 4.78 is 2.23. The topological polar surface area (TPSA) is 3.88 Å². The van der Waals surface area contributed by atoms with E-state index in [0.717, 1.165) is 6.42 Å². The van der Waals surface area contributed by atoms with Gasteiger partial charge in [0, 0.05) is 29.5 Å². The summed E-state index contributed by atoms with van der Waals surface area (Å²) in [5, 5.41) is 2.82. The van der Waals surface area contributed by atoms with Gasteiger partial charge >= 0.3 is 0 Å². The number of fused-ring (bicyclic) bond motifs is 1. The Kier molecular flexibility index (Phi) is 3.36. The first kappa shape index (κ1) is 17.3. The zero-order valence-corrected chi connectivity index (χ0v) is 17.9. The van der Waals surface area contributed by atoms with Gasteiger partial charge in [0.1, 0.15) is 7.05 Å². The highest BCUT2D eigenvalue weighted by molar-refractivity contribution is 5.73. The van der Waals surface area contributed by atoms with Crippen LogP contribution in [-0.4, -0.2) is 0 Å². The summed E-state index contributed by atoms with van der Waals surface area (Å²) in [6.45, 7) is 2.27. The van der Waals surface area contributed by atoms with Gasteiger partial charge in [0.25, 0.3) is 0 Å². The second kappa shape index (κ2) is 6.04. The monoisotopic (exact) mass is 398 g/mol. The van der Waals surface area contributed by atoms with Gasteiger partial charge in [0.05, 0.1) is 0 Å². The molecule has 1 heteroatoms. The summed E-state index contributed by atoms with van der Waals surface area (Å²) in [5.74, 6) is 0.654. The van der Waals surface area contributed by atoms with Crippen LogP contribution in [0.5, 0.6) is 0 Å². The van der Waals surface area contributed by atoms with Crippen molar-refractivity contribution in [1.29, 1.82) is 0 Å². The summed E-state index contributed by atoms with van der Waals surface area (Å²) in [7, 11) is 2.14. The number of rotatable bonds is 1. The van der Waals surface area contributed by atoms with E-state index in [2.05, 4.69) is 104 Å². The molecule has 2 atom stereocenters. The van der Waals surface area contributed by atoms with Crippen LogP contribution in [0.25, 0.3) is 23.4 Å². The molecule has 3 aromatic carbocycles. The molecule has 8 rings (SSSR count). The molecule has 4 aliphatic carbocycles. The van der Waals surface area contributed by atoms with Crippen molar-refractivity contribution in [3.05, 3.63) is 122 Å². The van der Waals surface area contributed by atoms with Gasteiger partial charge in [-0.25, -0.2) is 4.57 Å². The highest BCUT2D eigenvalue weighted by atomic mass is 14.9. The fraction of sp³-hybridized carbons (Fsp3) is 0.167. The number of aromatic nitrogens is 1. The summed E-state index contributed by atoms with van der Waals surface area (Å²) in [4.78, 5) is 0. The molecule has 4 aliphatic rings. The lowest BCUT2D eigenvalue weighted by Gasteiger charge is -2.42. The molecule has 0 N–H and O–H groups in total. The van der Waals surface area contributed by atoms with Crippen molar-refractivity contribution >= 4 is 12.2 Å². The predicted molar refractivity (Wildman–Crippen MR) is 125 cm³/mol. The van der Waals surface area contributed by atoms with Crippen LogP contribution in [-0.2, 0) is 7.05 Å². The second-order valence-electron chi connectivity index (χ2n) is 9.24. The van der Waals surface area contributed by atoms with Crippen LogP contribution in [0.2, 0.25) is 0 Å². The average Bonchev–Trinajstić information content (AvgIpc) is 3.25. The third kappa shape index (κ3) is 2.24. The van der Waals surface area contributed by atoms with E-state index in [9.17, 15) is 0 Å². The molecule has 2 unspecified atom stereocenters. The highest BCUT2D eigenvalue weighted by Gasteiger charge is 2.41. The smallest absolute Gasteiger partial charge is 0.201 e. The average molecular weight is 399 g/mol. The van der Waals surface area contributed by atoms with E-state index in [1.54, 1.807) is 0 Å². The van der Waals surface area contributed by atoms with E-state index < -0.39 is 0 Å². The summed E-state index contributed by atoms with van der Waals surface area (Å²) in [6, 6.07) is 25.5. The van der Waals surface area contributed by atoms with E-state index in [0.29, 0.717) is 11.8 Å². The molecule has 4 aromatic rings. The van der Waals surface area contributed by atoms with Crippen LogP contribution in [0.4, 0.5) is 0 Å². The van der Waals surface area contributed by atoms with Gasteiger partial charge in [-0.15, -0.1) is 0 Å². The quantitative estimate of drug-likeness (QED) is 0.361. The molecule has 1 nitrogen and oxygen atoms in total. The maximum Gasteiger partial charge on any atom is 0.212 e. The molecule has 0 fully saturated rings. The van der Waals surface area contributed by atoms with Gasteiger partial charge in [-0.05, 0) is 74.9 Å². The van der Waals surface area contributed by atoms with Crippen LogP contribution < -0.4 is 15.0 Å². The van der Waals surface area contributed by atoms with Gasteiger partial charge in [0.2, 0.25) is 5.69 Å². The minimum atomic E-state index is 0.318. The third-order valence-corrected chi connectivity index (χ3v) is 7.59. The van der Waals surface area contributed by atoms with Crippen molar-refractivity contribution in [1.82, 2.24) is 0 Å². The standard InChI is InChI=1S/C30H24N/c1-18-14-24-27(17-23(18)28-12-5-6-13-31(28)2)30-22-11-4-3-10-21(22)29(24)25-15-19-8-7-9-20(19)16-26(25)30/h3-6,8-17,29-30H,7H2,1-2H3/q+1. The molecule has 0 saturated carbocycles. The summed E-state index contributed by atoms with van der Waals surface area (Å²) >= 11 is 0. The van der Waals surface area contributed by atoms with Crippen molar-refractivity contribution in [3.63, 3.8) is 0 Å². The largest absolute Gasteiger partial charge is 0.212 e. The summed E-state index contributed by atoms with van der Waals surface area (Å²) in [5.41, 5.74) is 13.0. The lowest BCUT2D eigenvalue weighted by Crippen LogP contribution is -2.33. The zero-order valence-electron chi connectivity index (χ0n) is 17.9. The number of nitrogens with zero attached hydrogens (tertiary/aromatic N) is 1. The van der Waals surface area contributed by atoms with E-state index >= 15 is 0 Å². The number of aryl methyl sites for hydroxylation is 2. The Bertz CT molecular complexity index is 1540. The highest BCUT2D eigenvalue weighted by Crippen LogP contribution is 2.55. The number of benzene rings is 3. The Morgan fingerprint density at radius 2 is 1.26 bits per heavy atom. The Balaban J connectivity index is 1.55. The van der Waals surface area contributed by atoms with E-state index in [-0.39, 0.29) is 0 Å². The van der Waals surface area contributed by atoms with Gasteiger partial charge in [-0.2, -0.15) is 0 Å². The molecule has 0 radical (unpaired) electrons. The van der Waals surface area contributed by atoms with Crippen molar-refractivity contribution in [2.75, 3.05) is 0 Å². The fourth-order valence-electron chi connectivity index (χ4n) is 6.20. The van der Waals surface area contributed by atoms with E-state index in [1.807, 2.05) is 0 Å². The molecule has 31 heavy (non-hydrogen) atoms. The van der Waals surface area contributed by atoms with Gasteiger partial charge in [-0.3, -0.25) is 0 Å². The van der Waals surface area contributed by atoms with Gasteiger partial charge < -0.3 is 0 Å². The Labute approximate surface area is 182 Å². The number of hydrogen-bond donors (Lipinski definition) is 0. The van der Waals surface area contributed by atoms with Crippen molar-refractivity contribution in [2.24, 2.45) is 7.05 Å². The fourth-order valence-corrected chi connectivity index (χ4v) is 6.20. The van der Waals surface area contributed by atoms with Crippen LogP contribution in [0.15, 0.2) is 72.9 Å². The number of pyridine rings is 1. The SMILES string of the molecule is Cc1cc2c(cc1-c1cccc[n+]1C)C1c3ccccc3C2c2cc3c(cc21)=CCC=3. The third-order valence-electron chi connectivity index (χ3n) is 7.59. The molecule has 0 amide bonds. The lowest BCUT2D eigenvalue weighted by molar-refractivity contribution is -0.660. The molecular formula is C30H24N+. The van der Waals surface area contributed by atoms with E-state index in [1.165, 1.54) is 60.6 Å². The molecule has 1 aromatic heterocycles. The molecule has 0 aliphatic heterocycles. The molecule has 0 spiro atoms. The lowest BCUT2D eigenvalue weighted by atomic mass is 9.60. The molecule has 0 saturated heterocycles. The molecule has 148 valence electrons. The minimum Gasteiger partial charge on any atom is -0.201 e. The maximum absolute atomic E-state index is 2.49. The predicted octanol–water partition coefficient (Wildman–Crippen LogP) is 4.44. The van der Waals surface area contributed by atoms with Crippen molar-refractivity contribution < 1.29 is 4.57 Å². The van der Waals surface area contributed by atoms with Crippen LogP contribution in [0.1, 0.15) is 57.2 Å². The Morgan fingerprint density at radius 1 is 0.677 bits per heavy atom. The normalized spacial score (nSPS) is 19.0. The van der Waals surface area contributed by atoms with Crippen LogP contribution >= 0.6 is 0 Å². The number of hydrogen-bond acceptors (Lipinski definition) is 0. The van der Waals surface area contributed by atoms with Gasteiger partial charge in [-0.1, -0.05) is 54.6 Å².